The van der Waals surface area contributed by atoms with Gasteiger partial charge < -0.3 is 15.0 Å². The van der Waals surface area contributed by atoms with Gasteiger partial charge in [0, 0.05) is 46.7 Å². The molecule has 0 radical (unpaired) electrons. The normalized spacial score (nSPS) is 11.8. The van der Waals surface area contributed by atoms with E-state index >= 15 is 0 Å². The molecule has 4 aromatic rings. The molecular weight excluding hydrogens is 679 g/mol. The lowest BCUT2D eigenvalue weighted by Gasteiger charge is -2.34. The van der Waals surface area contributed by atoms with Gasteiger partial charge in [0.25, 0.3) is 15.7 Å². The Morgan fingerprint density at radius 1 is 0.958 bits per heavy atom. The Balaban J connectivity index is 1.86. The third-order valence-corrected chi connectivity index (χ3v) is 10.1. The molecule has 48 heavy (non-hydrogen) atoms. The van der Waals surface area contributed by atoms with Crippen LogP contribution in [0.25, 0.3) is 0 Å². The number of carbonyl (C=O) groups excluding carboxylic acids is 2. The number of aryl methyl sites for hydroxylation is 1. The summed E-state index contributed by atoms with van der Waals surface area (Å²) in [5.41, 5.74) is 1.07. The summed E-state index contributed by atoms with van der Waals surface area (Å²) in [6, 6.07) is 22.3. The minimum Gasteiger partial charge on any atom is -0.497 e. The molecule has 1 atom stereocenters. The number of amides is 2. The number of nitro benzene ring substituents is 1. The van der Waals surface area contributed by atoms with Crippen molar-refractivity contribution in [3.63, 3.8) is 0 Å². The molecule has 4 rings (SSSR count). The zero-order valence-corrected chi connectivity index (χ0v) is 28.8. The van der Waals surface area contributed by atoms with Crippen LogP contribution in [0.2, 0.25) is 10.0 Å². The Hall–Kier alpha value is -4.65. The van der Waals surface area contributed by atoms with Crippen LogP contribution in [-0.4, -0.2) is 56.3 Å². The van der Waals surface area contributed by atoms with Crippen molar-refractivity contribution < 1.29 is 27.7 Å². The van der Waals surface area contributed by atoms with Gasteiger partial charge in [-0.05, 0) is 61.9 Å². The van der Waals surface area contributed by atoms with Gasteiger partial charge in [-0.1, -0.05) is 65.7 Å². The van der Waals surface area contributed by atoms with Crippen LogP contribution in [0.5, 0.6) is 5.75 Å². The molecule has 2 amide bonds. The van der Waals surface area contributed by atoms with Crippen molar-refractivity contribution in [2.24, 2.45) is 0 Å². The van der Waals surface area contributed by atoms with Crippen LogP contribution < -0.4 is 14.4 Å². The maximum absolute atomic E-state index is 14.5. The van der Waals surface area contributed by atoms with Crippen molar-refractivity contribution in [3.05, 3.63) is 128 Å². The summed E-state index contributed by atoms with van der Waals surface area (Å²) in [6.07, 6.45) is 0.0972. The second kappa shape index (κ2) is 16.0. The number of nitrogens with zero attached hydrogens (tertiary/aromatic N) is 3. The van der Waals surface area contributed by atoms with E-state index in [-0.39, 0.29) is 40.8 Å². The Bertz CT molecular complexity index is 1870. The van der Waals surface area contributed by atoms with E-state index in [1.165, 1.54) is 55.3 Å². The Morgan fingerprint density at radius 2 is 1.60 bits per heavy atom. The zero-order valence-electron chi connectivity index (χ0n) is 26.4. The number of halogens is 2. The molecule has 0 unspecified atom stereocenters. The Kier molecular flexibility index (Phi) is 12.0. The summed E-state index contributed by atoms with van der Waals surface area (Å²) >= 11 is 13.0. The average molecular weight is 714 g/mol. The number of sulfonamides is 1. The quantitative estimate of drug-likeness (QED) is 0.122. The summed E-state index contributed by atoms with van der Waals surface area (Å²) in [6.45, 7) is 2.51. The number of ether oxygens (including phenoxy) is 1. The predicted octanol–water partition coefficient (Wildman–Crippen LogP) is 6.19. The van der Waals surface area contributed by atoms with Crippen molar-refractivity contribution in [1.82, 2.24) is 10.2 Å². The topological polar surface area (TPSA) is 139 Å². The molecule has 0 spiro atoms. The fraction of sp³-hybridized carbons (Fsp3) is 0.235. The number of benzene rings is 4. The molecule has 11 nitrogen and oxygen atoms in total. The molecule has 252 valence electrons. The Morgan fingerprint density at radius 3 is 2.19 bits per heavy atom. The summed E-state index contributed by atoms with van der Waals surface area (Å²) in [7, 11) is -3.14. The summed E-state index contributed by atoms with van der Waals surface area (Å²) < 4.78 is 34.6. The molecule has 0 aliphatic carbocycles. The van der Waals surface area contributed by atoms with E-state index in [4.69, 9.17) is 27.9 Å². The van der Waals surface area contributed by atoms with Crippen LogP contribution in [0.4, 0.5) is 11.4 Å². The van der Waals surface area contributed by atoms with Gasteiger partial charge in [-0.15, -0.1) is 0 Å². The van der Waals surface area contributed by atoms with Gasteiger partial charge >= 0.3 is 0 Å². The third-order valence-electron chi connectivity index (χ3n) is 7.62. The van der Waals surface area contributed by atoms with Crippen LogP contribution in [0.15, 0.2) is 95.9 Å². The van der Waals surface area contributed by atoms with Crippen molar-refractivity contribution in [3.8, 4) is 5.75 Å². The molecule has 0 saturated carbocycles. The number of anilines is 1. The van der Waals surface area contributed by atoms with Crippen molar-refractivity contribution in [1.29, 1.82) is 0 Å². The molecule has 4 aromatic carbocycles. The van der Waals surface area contributed by atoms with Gasteiger partial charge in [0.1, 0.15) is 18.3 Å². The summed E-state index contributed by atoms with van der Waals surface area (Å²) in [5.74, 6) is -0.785. The third kappa shape index (κ3) is 8.43. The van der Waals surface area contributed by atoms with Crippen LogP contribution in [0, 0.1) is 17.0 Å². The fourth-order valence-electron chi connectivity index (χ4n) is 5.05. The fourth-order valence-corrected chi connectivity index (χ4v) is 7.00. The predicted molar refractivity (Wildman–Crippen MR) is 185 cm³/mol. The van der Waals surface area contributed by atoms with E-state index in [1.54, 1.807) is 37.3 Å². The first-order chi connectivity index (χ1) is 22.9. The second-order valence-corrected chi connectivity index (χ2v) is 13.4. The number of carbonyl (C=O) groups is 2. The van der Waals surface area contributed by atoms with E-state index in [2.05, 4.69) is 5.32 Å². The van der Waals surface area contributed by atoms with Gasteiger partial charge in [0.15, 0.2) is 0 Å². The molecule has 0 fully saturated rings. The summed E-state index contributed by atoms with van der Waals surface area (Å²) in [5, 5.41) is 15.0. The van der Waals surface area contributed by atoms with Gasteiger partial charge in [0.2, 0.25) is 11.8 Å². The lowest BCUT2D eigenvalue weighted by molar-refractivity contribution is -0.385. The lowest BCUT2D eigenvalue weighted by atomic mass is 10.0. The average Bonchev–Trinajstić information content (AvgIpc) is 3.06. The molecular formula is C34H34Cl2N4O7S. The van der Waals surface area contributed by atoms with Gasteiger partial charge in [0.05, 0.1) is 22.6 Å². The van der Waals surface area contributed by atoms with E-state index in [0.717, 1.165) is 15.9 Å². The first kappa shape index (κ1) is 36.2. The largest absolute Gasteiger partial charge is 0.497 e. The highest BCUT2D eigenvalue weighted by Gasteiger charge is 2.35. The van der Waals surface area contributed by atoms with E-state index in [0.29, 0.717) is 11.3 Å². The standard InChI is InChI=1S/C34H34Cl2N4O7S/c1-4-37-34(42)32(19-24-9-6-5-7-10-24)38(21-28-29(35)11-8-12-30(28)36)33(41)22-39(25-14-16-26(47-3)17-15-25)48(45,46)27-18-13-23(2)31(20-27)40(43)44/h5-18,20,32H,4,19,21-22H2,1-3H3,(H,37,42)/t32-/m0/s1. The van der Waals surface area contributed by atoms with Crippen molar-refractivity contribution >= 4 is 56.4 Å². The number of nitrogens with one attached hydrogen (secondary N) is 1. The van der Waals surface area contributed by atoms with E-state index < -0.39 is 49.9 Å². The van der Waals surface area contributed by atoms with Crippen molar-refractivity contribution in [2.75, 3.05) is 24.5 Å². The van der Waals surface area contributed by atoms with Crippen molar-refractivity contribution in [2.45, 2.75) is 37.8 Å². The molecule has 14 heteroatoms. The monoisotopic (exact) mass is 712 g/mol. The molecule has 0 heterocycles. The lowest BCUT2D eigenvalue weighted by Crippen LogP contribution is -2.53. The van der Waals surface area contributed by atoms with E-state index in [1.807, 2.05) is 18.2 Å². The SMILES string of the molecule is CCNC(=O)[C@H](Cc1ccccc1)N(Cc1c(Cl)cccc1Cl)C(=O)CN(c1ccc(OC)cc1)S(=O)(=O)c1ccc(C)c([N+](=O)[O-])c1. The smallest absolute Gasteiger partial charge is 0.273 e. The van der Waals surface area contributed by atoms with Gasteiger partial charge in [-0.2, -0.15) is 0 Å². The Labute approximate surface area is 289 Å². The second-order valence-electron chi connectivity index (χ2n) is 10.7. The molecule has 0 aliphatic rings. The first-order valence-corrected chi connectivity index (χ1v) is 17.0. The highest BCUT2D eigenvalue weighted by molar-refractivity contribution is 7.92. The number of hydrogen-bond acceptors (Lipinski definition) is 7. The number of likely N-dealkylation sites (N-methyl/N-ethyl adjacent to an activating group) is 1. The van der Waals surface area contributed by atoms with Crippen LogP contribution in [0.1, 0.15) is 23.6 Å². The molecule has 0 aliphatic heterocycles. The highest BCUT2D eigenvalue weighted by Crippen LogP contribution is 2.31. The van der Waals surface area contributed by atoms with Crippen LogP contribution in [-0.2, 0) is 32.6 Å². The molecule has 0 aromatic heterocycles. The van der Waals surface area contributed by atoms with Gasteiger partial charge in [-0.3, -0.25) is 24.0 Å². The first-order valence-electron chi connectivity index (χ1n) is 14.8. The molecule has 0 bridgehead atoms. The summed E-state index contributed by atoms with van der Waals surface area (Å²) in [4.78, 5) is 40.1. The minimum atomic E-state index is -4.59. The highest BCUT2D eigenvalue weighted by atomic mass is 35.5. The number of nitro groups is 1. The van der Waals surface area contributed by atoms with Crippen LogP contribution in [0.3, 0.4) is 0 Å². The molecule has 1 N–H and O–H groups in total. The minimum absolute atomic E-state index is 0.0840. The zero-order chi connectivity index (χ0) is 35.0. The maximum atomic E-state index is 14.5. The maximum Gasteiger partial charge on any atom is 0.273 e. The number of hydrogen-bond donors (Lipinski definition) is 1. The van der Waals surface area contributed by atoms with Crippen LogP contribution >= 0.6 is 23.2 Å². The molecule has 0 saturated heterocycles. The number of methoxy groups -OCH3 is 1. The van der Waals surface area contributed by atoms with Gasteiger partial charge in [-0.25, -0.2) is 8.42 Å². The number of rotatable bonds is 14. The van der Waals surface area contributed by atoms with E-state index in [9.17, 15) is 28.1 Å².